The van der Waals surface area contributed by atoms with Crippen molar-refractivity contribution in [3.8, 4) is 5.75 Å². The minimum atomic E-state index is -0.281. The van der Waals surface area contributed by atoms with Crippen LogP contribution in [0.15, 0.2) is 45.9 Å². The molecule has 5 heteroatoms. The first-order valence-electron chi connectivity index (χ1n) is 6.88. The summed E-state index contributed by atoms with van der Waals surface area (Å²) in [7, 11) is 0. The molecule has 0 aliphatic heterocycles. The summed E-state index contributed by atoms with van der Waals surface area (Å²) in [6.45, 7) is 4.51. The summed E-state index contributed by atoms with van der Waals surface area (Å²) in [5, 5.41) is 3.87. The van der Waals surface area contributed by atoms with Gasteiger partial charge in [-0.15, -0.1) is 0 Å². The van der Waals surface area contributed by atoms with Gasteiger partial charge in [0.2, 0.25) is 0 Å². The Labute approximate surface area is 123 Å². The molecule has 0 spiro atoms. The largest absolute Gasteiger partial charge is 0.494 e. The van der Waals surface area contributed by atoms with Crippen molar-refractivity contribution in [2.45, 2.75) is 20.3 Å². The number of carbonyl (C=O) groups is 1. The van der Waals surface area contributed by atoms with E-state index in [-0.39, 0.29) is 5.91 Å². The first-order valence-corrected chi connectivity index (χ1v) is 6.88. The number of furan rings is 1. The molecule has 1 N–H and O–H groups in total. The quantitative estimate of drug-likeness (QED) is 0.656. The van der Waals surface area contributed by atoms with Gasteiger partial charge in [0.15, 0.2) is 0 Å². The van der Waals surface area contributed by atoms with E-state index in [1.807, 2.05) is 26.0 Å². The molecule has 0 saturated heterocycles. The van der Waals surface area contributed by atoms with E-state index in [1.165, 1.54) is 6.21 Å². The van der Waals surface area contributed by atoms with Gasteiger partial charge in [-0.05, 0) is 43.3 Å². The molecular formula is C16H18N2O3. The maximum atomic E-state index is 11.9. The Kier molecular flexibility index (Phi) is 5.15. The number of ether oxygens (including phenoxy) is 1. The highest BCUT2D eigenvalue weighted by Gasteiger charge is 2.04. The lowest BCUT2D eigenvalue weighted by atomic mass is 10.2. The SMILES string of the molecule is CCOc1ccc(C(=O)N/N=C/c2ccc(CC)o2)cc1. The summed E-state index contributed by atoms with van der Waals surface area (Å²) in [5.74, 6) is 1.95. The fourth-order valence-corrected chi connectivity index (χ4v) is 1.74. The molecule has 5 nitrogen and oxygen atoms in total. The van der Waals surface area contributed by atoms with Gasteiger partial charge < -0.3 is 9.15 Å². The molecule has 21 heavy (non-hydrogen) atoms. The molecule has 0 saturated carbocycles. The van der Waals surface area contributed by atoms with Crippen molar-refractivity contribution in [3.05, 3.63) is 53.5 Å². The fourth-order valence-electron chi connectivity index (χ4n) is 1.74. The van der Waals surface area contributed by atoms with Gasteiger partial charge in [0, 0.05) is 12.0 Å². The molecule has 0 bridgehead atoms. The van der Waals surface area contributed by atoms with Crippen LogP contribution in [0.4, 0.5) is 0 Å². The molecule has 1 amide bonds. The normalized spacial score (nSPS) is 10.8. The summed E-state index contributed by atoms with van der Waals surface area (Å²) in [4.78, 5) is 11.9. The molecule has 1 heterocycles. The number of benzene rings is 1. The molecule has 0 unspecified atom stereocenters. The third-order valence-electron chi connectivity index (χ3n) is 2.82. The van der Waals surface area contributed by atoms with Gasteiger partial charge in [-0.1, -0.05) is 6.92 Å². The van der Waals surface area contributed by atoms with Crippen molar-refractivity contribution < 1.29 is 13.9 Å². The summed E-state index contributed by atoms with van der Waals surface area (Å²) in [6, 6.07) is 10.6. The van der Waals surface area contributed by atoms with Crippen molar-refractivity contribution in [1.29, 1.82) is 0 Å². The Hall–Kier alpha value is -2.56. The summed E-state index contributed by atoms with van der Waals surface area (Å²) in [6.07, 6.45) is 2.30. The lowest BCUT2D eigenvalue weighted by Crippen LogP contribution is -2.17. The Morgan fingerprint density at radius 1 is 1.24 bits per heavy atom. The van der Waals surface area contributed by atoms with Crippen LogP contribution in [0.2, 0.25) is 0 Å². The van der Waals surface area contributed by atoms with Crippen molar-refractivity contribution >= 4 is 12.1 Å². The fraction of sp³-hybridized carbons (Fsp3) is 0.250. The van der Waals surface area contributed by atoms with Gasteiger partial charge in [0.25, 0.3) is 5.91 Å². The molecule has 2 aromatic rings. The highest BCUT2D eigenvalue weighted by atomic mass is 16.5. The Balaban J connectivity index is 1.91. The molecule has 0 radical (unpaired) electrons. The van der Waals surface area contributed by atoms with E-state index in [2.05, 4.69) is 10.5 Å². The second kappa shape index (κ2) is 7.28. The van der Waals surface area contributed by atoms with Crippen molar-refractivity contribution in [2.24, 2.45) is 5.10 Å². The number of aryl methyl sites for hydroxylation is 1. The number of hydrazone groups is 1. The predicted molar refractivity (Wildman–Crippen MR) is 80.8 cm³/mol. The van der Waals surface area contributed by atoms with E-state index in [4.69, 9.17) is 9.15 Å². The molecule has 0 atom stereocenters. The van der Waals surface area contributed by atoms with E-state index in [1.54, 1.807) is 24.3 Å². The maximum Gasteiger partial charge on any atom is 0.271 e. The number of carbonyl (C=O) groups excluding carboxylic acids is 1. The Morgan fingerprint density at radius 3 is 2.62 bits per heavy atom. The molecule has 110 valence electrons. The van der Waals surface area contributed by atoms with Crippen LogP contribution in [0, 0.1) is 0 Å². The lowest BCUT2D eigenvalue weighted by Gasteiger charge is -2.03. The van der Waals surface area contributed by atoms with E-state index in [0.29, 0.717) is 17.9 Å². The number of hydrogen-bond acceptors (Lipinski definition) is 4. The topological polar surface area (TPSA) is 63.8 Å². The average molecular weight is 286 g/mol. The smallest absolute Gasteiger partial charge is 0.271 e. The van der Waals surface area contributed by atoms with Gasteiger partial charge in [-0.25, -0.2) is 5.43 Å². The zero-order chi connectivity index (χ0) is 15.1. The molecule has 0 aliphatic carbocycles. The summed E-state index contributed by atoms with van der Waals surface area (Å²) in [5.41, 5.74) is 2.97. The summed E-state index contributed by atoms with van der Waals surface area (Å²) < 4.78 is 10.8. The predicted octanol–water partition coefficient (Wildman–Crippen LogP) is 3.00. The van der Waals surface area contributed by atoms with Gasteiger partial charge in [0.1, 0.15) is 17.3 Å². The van der Waals surface area contributed by atoms with Gasteiger partial charge >= 0.3 is 0 Å². The average Bonchev–Trinajstić information content (AvgIpc) is 2.96. The second-order valence-electron chi connectivity index (χ2n) is 4.31. The number of amides is 1. The first-order chi connectivity index (χ1) is 10.2. The van der Waals surface area contributed by atoms with Crippen LogP contribution in [0.3, 0.4) is 0 Å². The van der Waals surface area contributed by atoms with Crippen LogP contribution >= 0.6 is 0 Å². The van der Waals surface area contributed by atoms with Crippen LogP contribution < -0.4 is 10.2 Å². The van der Waals surface area contributed by atoms with Crippen LogP contribution in [0.1, 0.15) is 35.7 Å². The van der Waals surface area contributed by atoms with Crippen molar-refractivity contribution in [1.82, 2.24) is 5.43 Å². The number of nitrogens with zero attached hydrogens (tertiary/aromatic N) is 1. The van der Waals surface area contributed by atoms with Crippen LogP contribution in [0.25, 0.3) is 0 Å². The van der Waals surface area contributed by atoms with Crippen LogP contribution in [-0.4, -0.2) is 18.7 Å². The second-order valence-corrected chi connectivity index (χ2v) is 4.31. The maximum absolute atomic E-state index is 11.9. The lowest BCUT2D eigenvalue weighted by molar-refractivity contribution is 0.0955. The Bertz CT molecular complexity index is 615. The highest BCUT2D eigenvalue weighted by molar-refractivity contribution is 5.94. The van der Waals surface area contributed by atoms with Crippen LogP contribution in [0.5, 0.6) is 5.75 Å². The molecule has 0 fully saturated rings. The third kappa shape index (κ3) is 4.21. The van der Waals surface area contributed by atoms with Gasteiger partial charge in [-0.3, -0.25) is 4.79 Å². The monoisotopic (exact) mass is 286 g/mol. The number of hydrogen-bond donors (Lipinski definition) is 1. The first kappa shape index (κ1) is 14.8. The van der Waals surface area contributed by atoms with Gasteiger partial charge in [-0.2, -0.15) is 5.10 Å². The zero-order valence-corrected chi connectivity index (χ0v) is 12.1. The minimum Gasteiger partial charge on any atom is -0.494 e. The summed E-state index contributed by atoms with van der Waals surface area (Å²) >= 11 is 0. The standard InChI is InChI=1S/C16H18N2O3/c1-3-13-9-10-15(21-13)11-17-18-16(19)12-5-7-14(8-6-12)20-4-2/h5-11H,3-4H2,1-2H3,(H,18,19)/b17-11+. The molecule has 1 aromatic heterocycles. The molecule has 2 rings (SSSR count). The van der Waals surface area contributed by atoms with E-state index in [9.17, 15) is 4.79 Å². The van der Waals surface area contributed by atoms with E-state index < -0.39 is 0 Å². The zero-order valence-electron chi connectivity index (χ0n) is 12.1. The van der Waals surface area contributed by atoms with E-state index >= 15 is 0 Å². The van der Waals surface area contributed by atoms with Crippen LogP contribution in [-0.2, 0) is 6.42 Å². The molecular weight excluding hydrogens is 268 g/mol. The molecule has 1 aromatic carbocycles. The van der Waals surface area contributed by atoms with Crippen molar-refractivity contribution in [3.63, 3.8) is 0 Å². The Morgan fingerprint density at radius 2 is 2.00 bits per heavy atom. The van der Waals surface area contributed by atoms with E-state index in [0.717, 1.165) is 17.9 Å². The highest BCUT2D eigenvalue weighted by Crippen LogP contribution is 2.12. The van der Waals surface area contributed by atoms with Gasteiger partial charge in [0.05, 0.1) is 12.8 Å². The number of rotatable bonds is 6. The third-order valence-corrected chi connectivity index (χ3v) is 2.82. The molecule has 0 aliphatic rings. The van der Waals surface area contributed by atoms with Crippen molar-refractivity contribution in [2.75, 3.05) is 6.61 Å². The number of nitrogens with one attached hydrogen (secondary N) is 1. The minimum absolute atomic E-state index is 0.281.